The third-order valence-electron chi connectivity index (χ3n) is 6.96. The van der Waals surface area contributed by atoms with Crippen LogP contribution in [-0.2, 0) is 26.2 Å². The smallest absolute Gasteiger partial charge is 0.244 e. The van der Waals surface area contributed by atoms with Gasteiger partial charge >= 0.3 is 0 Å². The summed E-state index contributed by atoms with van der Waals surface area (Å²) in [6, 6.07) is 11.4. The van der Waals surface area contributed by atoms with Gasteiger partial charge in [-0.15, -0.1) is 0 Å². The molecule has 38 heavy (non-hydrogen) atoms. The number of hydrogen-bond donors (Lipinski definition) is 1. The first-order valence-electron chi connectivity index (χ1n) is 13.0. The molecule has 0 spiro atoms. The third-order valence-corrected chi connectivity index (χ3v) is 8.32. The molecule has 8 nitrogen and oxygen atoms in total. The van der Waals surface area contributed by atoms with Gasteiger partial charge in [0.15, 0.2) is 0 Å². The minimum atomic E-state index is -3.81. The van der Waals surface area contributed by atoms with Crippen molar-refractivity contribution in [1.82, 2.24) is 10.2 Å². The topological polar surface area (TPSA) is 96.0 Å². The second-order valence-corrected chi connectivity index (χ2v) is 12.2. The third kappa shape index (κ3) is 7.86. The first-order valence-corrected chi connectivity index (χ1v) is 15.2. The molecule has 10 heteroatoms. The Bertz CT molecular complexity index is 1210. The lowest BCUT2D eigenvalue weighted by Gasteiger charge is -2.34. The number of aryl methyl sites for hydroxylation is 1. The fourth-order valence-corrected chi connectivity index (χ4v) is 6.02. The molecule has 208 valence electrons. The Hall–Kier alpha value is -2.78. The maximum Gasteiger partial charge on any atom is 0.244 e. The minimum Gasteiger partial charge on any atom is -0.497 e. The lowest BCUT2D eigenvalue weighted by atomic mass is 9.95. The molecule has 0 unspecified atom stereocenters. The van der Waals surface area contributed by atoms with E-state index in [1.807, 2.05) is 19.1 Å². The van der Waals surface area contributed by atoms with Crippen LogP contribution >= 0.6 is 11.6 Å². The van der Waals surface area contributed by atoms with Crippen LogP contribution in [0.3, 0.4) is 0 Å². The normalized spacial score (nSPS) is 15.0. The number of ether oxygens (including phenoxy) is 1. The Morgan fingerprint density at radius 2 is 1.76 bits per heavy atom. The molecule has 1 saturated carbocycles. The molecular formula is C28H38ClN3O5S. The summed E-state index contributed by atoms with van der Waals surface area (Å²) in [5.41, 5.74) is 1.80. The predicted octanol–water partition coefficient (Wildman–Crippen LogP) is 4.68. The minimum absolute atomic E-state index is 0.0903. The lowest BCUT2D eigenvalue weighted by molar-refractivity contribution is -0.140. The first-order chi connectivity index (χ1) is 18.0. The van der Waals surface area contributed by atoms with E-state index >= 15 is 0 Å². The second kappa shape index (κ2) is 13.3. The summed E-state index contributed by atoms with van der Waals surface area (Å²) in [4.78, 5) is 28.8. The fourth-order valence-electron chi connectivity index (χ4n) is 4.88. The Balaban J connectivity index is 1.93. The Morgan fingerprint density at radius 3 is 2.32 bits per heavy atom. The number of methoxy groups -OCH3 is 1. The number of halogens is 1. The molecule has 0 saturated heterocycles. The van der Waals surface area contributed by atoms with E-state index in [9.17, 15) is 18.0 Å². The van der Waals surface area contributed by atoms with Gasteiger partial charge in [-0.2, -0.15) is 0 Å². The molecule has 1 N–H and O–H groups in total. The van der Waals surface area contributed by atoms with Gasteiger partial charge in [0.05, 0.1) is 19.1 Å². The summed E-state index contributed by atoms with van der Waals surface area (Å²) >= 11 is 6.08. The molecule has 1 aliphatic carbocycles. The first kappa shape index (κ1) is 29.8. The number of benzene rings is 2. The summed E-state index contributed by atoms with van der Waals surface area (Å²) < 4.78 is 32.0. The van der Waals surface area contributed by atoms with E-state index in [1.54, 1.807) is 44.4 Å². The van der Waals surface area contributed by atoms with Crippen molar-refractivity contribution in [2.45, 2.75) is 71.0 Å². The molecule has 1 fully saturated rings. The lowest BCUT2D eigenvalue weighted by Crippen LogP contribution is -2.54. The van der Waals surface area contributed by atoms with Gasteiger partial charge in [-0.3, -0.25) is 13.9 Å². The van der Waals surface area contributed by atoms with Crippen LogP contribution in [0, 0.1) is 6.92 Å². The van der Waals surface area contributed by atoms with E-state index in [0.717, 1.165) is 48.2 Å². The highest BCUT2D eigenvalue weighted by Gasteiger charge is 2.33. The molecule has 0 heterocycles. The van der Waals surface area contributed by atoms with Crippen LogP contribution < -0.4 is 14.4 Å². The van der Waals surface area contributed by atoms with Crippen LogP contribution in [0.1, 0.15) is 56.6 Å². The number of anilines is 1. The molecule has 0 aliphatic heterocycles. The van der Waals surface area contributed by atoms with E-state index in [4.69, 9.17) is 16.3 Å². The molecule has 0 radical (unpaired) electrons. The van der Waals surface area contributed by atoms with Crippen molar-refractivity contribution in [1.29, 1.82) is 0 Å². The summed E-state index contributed by atoms with van der Waals surface area (Å²) in [5, 5.41) is 3.61. The number of carbonyl (C=O) groups is 2. The zero-order valence-electron chi connectivity index (χ0n) is 22.6. The Labute approximate surface area is 231 Å². The molecule has 0 bridgehead atoms. The van der Waals surface area contributed by atoms with E-state index in [0.29, 0.717) is 28.4 Å². The SMILES string of the molecule is CC[C@@H](C(=O)NC1CCCCC1)N(Cc1ccc(OC)cc1)C(=O)CN(c1ccc(Cl)cc1C)S(C)(=O)=O. The van der Waals surface area contributed by atoms with Gasteiger partial charge in [0.25, 0.3) is 0 Å². The summed E-state index contributed by atoms with van der Waals surface area (Å²) in [5.74, 6) is -0.00347. The zero-order valence-corrected chi connectivity index (χ0v) is 24.1. The van der Waals surface area contributed by atoms with Crippen molar-refractivity contribution in [2.24, 2.45) is 0 Å². The van der Waals surface area contributed by atoms with Gasteiger partial charge in [-0.25, -0.2) is 8.42 Å². The van der Waals surface area contributed by atoms with Gasteiger partial charge in [0.2, 0.25) is 21.8 Å². The number of carbonyl (C=O) groups excluding carboxylic acids is 2. The van der Waals surface area contributed by atoms with Gasteiger partial charge in [-0.1, -0.05) is 49.9 Å². The molecule has 2 aromatic rings. The molecular weight excluding hydrogens is 526 g/mol. The van der Waals surface area contributed by atoms with Crippen LogP contribution in [-0.4, -0.2) is 57.1 Å². The van der Waals surface area contributed by atoms with Crippen LogP contribution in [0.25, 0.3) is 0 Å². The van der Waals surface area contributed by atoms with Gasteiger partial charge in [0, 0.05) is 17.6 Å². The molecule has 0 aromatic heterocycles. The maximum absolute atomic E-state index is 13.9. The van der Waals surface area contributed by atoms with Gasteiger partial charge < -0.3 is 15.0 Å². The van der Waals surface area contributed by atoms with Crippen LogP contribution in [0.15, 0.2) is 42.5 Å². The van der Waals surface area contributed by atoms with E-state index in [2.05, 4.69) is 5.32 Å². The second-order valence-electron chi connectivity index (χ2n) is 9.84. The van der Waals surface area contributed by atoms with Crippen molar-refractivity contribution in [3.8, 4) is 5.75 Å². The monoisotopic (exact) mass is 563 g/mol. The number of rotatable bonds is 11. The summed E-state index contributed by atoms with van der Waals surface area (Å²) in [7, 11) is -2.24. The summed E-state index contributed by atoms with van der Waals surface area (Å²) in [6.45, 7) is 3.31. The van der Waals surface area contributed by atoms with Crippen molar-refractivity contribution < 1.29 is 22.7 Å². The van der Waals surface area contributed by atoms with Crippen molar-refractivity contribution in [3.63, 3.8) is 0 Å². The van der Waals surface area contributed by atoms with Crippen LogP contribution in [0.2, 0.25) is 5.02 Å². The fraction of sp³-hybridized carbons (Fsp3) is 0.500. The highest BCUT2D eigenvalue weighted by Crippen LogP contribution is 2.26. The van der Waals surface area contributed by atoms with Gasteiger partial charge in [-0.05, 0) is 67.6 Å². The number of nitrogens with zero attached hydrogens (tertiary/aromatic N) is 2. The zero-order chi connectivity index (χ0) is 27.9. The van der Waals surface area contributed by atoms with Crippen molar-refractivity contribution in [3.05, 3.63) is 58.6 Å². The number of sulfonamides is 1. The number of hydrogen-bond acceptors (Lipinski definition) is 5. The van der Waals surface area contributed by atoms with Crippen LogP contribution in [0.4, 0.5) is 5.69 Å². The quantitative estimate of drug-likeness (QED) is 0.428. The largest absolute Gasteiger partial charge is 0.497 e. The van der Waals surface area contributed by atoms with Crippen molar-refractivity contribution in [2.75, 3.05) is 24.2 Å². The van der Waals surface area contributed by atoms with Crippen molar-refractivity contribution >= 4 is 39.1 Å². The highest BCUT2D eigenvalue weighted by molar-refractivity contribution is 7.92. The molecule has 1 aliphatic rings. The maximum atomic E-state index is 13.9. The molecule has 1 atom stereocenters. The molecule has 3 rings (SSSR count). The predicted molar refractivity (Wildman–Crippen MR) is 151 cm³/mol. The number of nitrogens with one attached hydrogen (secondary N) is 1. The van der Waals surface area contributed by atoms with Crippen LogP contribution in [0.5, 0.6) is 5.75 Å². The molecule has 2 amide bonds. The Morgan fingerprint density at radius 1 is 1.11 bits per heavy atom. The summed E-state index contributed by atoms with van der Waals surface area (Å²) in [6.07, 6.45) is 6.60. The average Bonchev–Trinajstić information content (AvgIpc) is 2.88. The van der Waals surface area contributed by atoms with E-state index < -0.39 is 28.5 Å². The van der Waals surface area contributed by atoms with Gasteiger partial charge in [0.1, 0.15) is 18.3 Å². The molecule has 2 aromatic carbocycles. The average molecular weight is 564 g/mol. The number of amides is 2. The van der Waals surface area contributed by atoms with E-state index in [1.165, 1.54) is 4.90 Å². The highest BCUT2D eigenvalue weighted by atomic mass is 35.5. The van der Waals surface area contributed by atoms with E-state index in [-0.39, 0.29) is 18.5 Å². The Kier molecular flexibility index (Phi) is 10.4. The standard InChI is InChI=1S/C28H38ClN3O5S/c1-5-25(28(34)30-23-9-7-6-8-10-23)31(18-21-11-14-24(37-3)15-12-21)27(33)19-32(38(4,35)36)26-16-13-22(29)17-20(26)2/h11-17,23,25H,5-10,18-19H2,1-4H3,(H,30,34)/t25-/m0/s1.